The Bertz CT molecular complexity index is 365. The molecule has 100 valence electrons. The minimum Gasteiger partial charge on any atom is -0.400 e. The van der Waals surface area contributed by atoms with Crippen molar-refractivity contribution < 1.29 is 14.0 Å². The second-order valence-electron chi connectivity index (χ2n) is 7.05. The summed E-state index contributed by atoms with van der Waals surface area (Å²) >= 11 is 0. The molecule has 4 heteroatoms. The van der Waals surface area contributed by atoms with Crippen molar-refractivity contribution >= 4 is 7.12 Å². The zero-order valence-corrected chi connectivity index (χ0v) is 11.9. The third kappa shape index (κ3) is 1.86. The van der Waals surface area contributed by atoms with Crippen LogP contribution in [0.3, 0.4) is 0 Å². The Morgan fingerprint density at radius 3 is 2.33 bits per heavy atom. The third-order valence-corrected chi connectivity index (χ3v) is 5.12. The molecule has 2 heterocycles. The Balaban J connectivity index is 1.71. The number of hydrogen-bond donors (Lipinski definition) is 0. The Morgan fingerprint density at radius 1 is 1.11 bits per heavy atom. The monoisotopic (exact) mass is 250 g/mol. The van der Waals surface area contributed by atoms with E-state index in [0.29, 0.717) is 5.41 Å². The molecule has 0 aromatic rings. The first-order chi connectivity index (χ1) is 8.34. The first-order valence-corrected chi connectivity index (χ1v) is 6.96. The smallest absolute Gasteiger partial charge is 0.400 e. The van der Waals surface area contributed by atoms with Crippen molar-refractivity contribution in [2.75, 3.05) is 13.2 Å². The maximum atomic E-state index is 6.12. The summed E-state index contributed by atoms with van der Waals surface area (Å²) in [6, 6.07) is 0. The molecule has 0 bridgehead atoms. The van der Waals surface area contributed by atoms with Gasteiger partial charge in [-0.1, -0.05) is 6.08 Å². The van der Waals surface area contributed by atoms with Crippen molar-refractivity contribution in [3.8, 4) is 0 Å². The van der Waals surface area contributed by atoms with E-state index in [2.05, 4.69) is 33.8 Å². The van der Waals surface area contributed by atoms with Gasteiger partial charge >= 0.3 is 7.12 Å². The highest BCUT2D eigenvalue weighted by Crippen LogP contribution is 2.47. The van der Waals surface area contributed by atoms with Crippen molar-refractivity contribution in [1.82, 2.24) is 0 Å². The lowest BCUT2D eigenvalue weighted by atomic mass is 9.73. The molecule has 0 N–H and O–H groups in total. The van der Waals surface area contributed by atoms with Crippen LogP contribution in [0.2, 0.25) is 0 Å². The third-order valence-electron chi connectivity index (χ3n) is 5.12. The molecule has 1 spiro atoms. The second kappa shape index (κ2) is 3.84. The normalized spacial score (nSPS) is 37.6. The number of allylic oxidation sites excluding steroid dienone is 2. The number of ether oxygens (including phenoxy) is 1. The zero-order chi connectivity index (χ0) is 13.0. The van der Waals surface area contributed by atoms with Crippen LogP contribution in [0.4, 0.5) is 0 Å². The van der Waals surface area contributed by atoms with Crippen LogP contribution >= 0.6 is 0 Å². The SMILES string of the molecule is CC1(C)OB(C2=CCC3(CCOC3)C2)OC1(C)C. The van der Waals surface area contributed by atoms with Gasteiger partial charge in [0.25, 0.3) is 0 Å². The molecule has 1 unspecified atom stereocenters. The summed E-state index contributed by atoms with van der Waals surface area (Å²) in [4.78, 5) is 0. The van der Waals surface area contributed by atoms with E-state index in [1.807, 2.05) is 0 Å². The van der Waals surface area contributed by atoms with E-state index < -0.39 is 0 Å². The Hall–Kier alpha value is -0.315. The van der Waals surface area contributed by atoms with Gasteiger partial charge in [-0.3, -0.25) is 0 Å². The summed E-state index contributed by atoms with van der Waals surface area (Å²) in [7, 11) is -0.157. The van der Waals surface area contributed by atoms with Crippen LogP contribution in [0.15, 0.2) is 11.5 Å². The standard InChI is InChI=1S/C14H23BO3/c1-12(2)13(3,4)18-15(17-12)11-5-6-14(9-11)7-8-16-10-14/h5H,6-10H2,1-4H3. The fourth-order valence-electron chi connectivity index (χ4n) is 3.05. The summed E-state index contributed by atoms with van der Waals surface area (Å²) in [5.74, 6) is 0. The van der Waals surface area contributed by atoms with Crippen LogP contribution in [0, 0.1) is 5.41 Å². The van der Waals surface area contributed by atoms with E-state index >= 15 is 0 Å². The van der Waals surface area contributed by atoms with Crippen molar-refractivity contribution in [3.63, 3.8) is 0 Å². The molecule has 1 aliphatic carbocycles. The molecule has 0 saturated carbocycles. The molecule has 2 saturated heterocycles. The Kier molecular flexibility index (Phi) is 2.71. The van der Waals surface area contributed by atoms with Gasteiger partial charge in [0.1, 0.15) is 0 Å². The van der Waals surface area contributed by atoms with Crippen LogP contribution in [0.5, 0.6) is 0 Å². The van der Waals surface area contributed by atoms with Crippen molar-refractivity contribution in [3.05, 3.63) is 11.5 Å². The van der Waals surface area contributed by atoms with Crippen molar-refractivity contribution in [2.24, 2.45) is 5.41 Å². The summed E-state index contributed by atoms with van der Waals surface area (Å²) in [5, 5.41) is 0. The van der Waals surface area contributed by atoms with Crippen molar-refractivity contribution in [1.29, 1.82) is 0 Å². The molecule has 3 aliphatic rings. The molecule has 0 aromatic heterocycles. The van der Waals surface area contributed by atoms with Gasteiger partial charge in [-0.05, 0) is 52.4 Å². The van der Waals surface area contributed by atoms with Gasteiger partial charge in [0.15, 0.2) is 0 Å². The van der Waals surface area contributed by atoms with Gasteiger partial charge < -0.3 is 14.0 Å². The lowest BCUT2D eigenvalue weighted by molar-refractivity contribution is 0.00578. The summed E-state index contributed by atoms with van der Waals surface area (Å²) < 4.78 is 17.8. The van der Waals surface area contributed by atoms with Crippen molar-refractivity contribution in [2.45, 2.75) is 58.2 Å². The zero-order valence-electron chi connectivity index (χ0n) is 11.9. The minimum atomic E-state index is -0.236. The highest BCUT2D eigenvalue weighted by atomic mass is 16.7. The van der Waals surface area contributed by atoms with E-state index in [1.165, 1.54) is 11.9 Å². The van der Waals surface area contributed by atoms with E-state index in [9.17, 15) is 0 Å². The van der Waals surface area contributed by atoms with Gasteiger partial charge in [0, 0.05) is 12.0 Å². The molecule has 0 radical (unpaired) electrons. The molecule has 1 atom stereocenters. The highest BCUT2D eigenvalue weighted by molar-refractivity contribution is 6.54. The van der Waals surface area contributed by atoms with E-state index in [0.717, 1.165) is 26.1 Å². The highest BCUT2D eigenvalue weighted by Gasteiger charge is 2.54. The minimum absolute atomic E-state index is 0.157. The number of hydrogen-bond acceptors (Lipinski definition) is 3. The van der Waals surface area contributed by atoms with Gasteiger partial charge in [0.2, 0.25) is 0 Å². The summed E-state index contributed by atoms with van der Waals surface area (Å²) in [5.41, 5.74) is 1.19. The Morgan fingerprint density at radius 2 is 1.78 bits per heavy atom. The molecule has 0 aromatic carbocycles. The van der Waals surface area contributed by atoms with Gasteiger partial charge in [0.05, 0.1) is 17.8 Å². The maximum Gasteiger partial charge on any atom is 0.490 e. The van der Waals surface area contributed by atoms with Crippen LogP contribution in [0.25, 0.3) is 0 Å². The lowest BCUT2D eigenvalue weighted by Crippen LogP contribution is -2.41. The lowest BCUT2D eigenvalue weighted by Gasteiger charge is -2.32. The van der Waals surface area contributed by atoms with Crippen LogP contribution in [-0.4, -0.2) is 31.5 Å². The molecule has 2 fully saturated rings. The van der Waals surface area contributed by atoms with Crippen LogP contribution in [-0.2, 0) is 14.0 Å². The largest absolute Gasteiger partial charge is 0.490 e. The van der Waals surface area contributed by atoms with E-state index in [-0.39, 0.29) is 18.3 Å². The first-order valence-electron chi connectivity index (χ1n) is 6.96. The van der Waals surface area contributed by atoms with Crippen LogP contribution in [0.1, 0.15) is 47.0 Å². The van der Waals surface area contributed by atoms with Gasteiger partial charge in [-0.15, -0.1) is 0 Å². The molecule has 3 rings (SSSR count). The average molecular weight is 250 g/mol. The molecular formula is C14H23BO3. The Labute approximate surface area is 110 Å². The van der Waals surface area contributed by atoms with E-state index in [4.69, 9.17) is 14.0 Å². The average Bonchev–Trinajstić information content (AvgIpc) is 2.91. The second-order valence-corrected chi connectivity index (χ2v) is 7.05. The first kappa shape index (κ1) is 12.7. The fraction of sp³-hybridized carbons (Fsp3) is 0.857. The number of rotatable bonds is 1. The predicted molar refractivity (Wildman–Crippen MR) is 71.3 cm³/mol. The molecule has 0 amide bonds. The van der Waals surface area contributed by atoms with Gasteiger partial charge in [-0.25, -0.2) is 0 Å². The van der Waals surface area contributed by atoms with E-state index in [1.54, 1.807) is 0 Å². The fourth-order valence-corrected chi connectivity index (χ4v) is 3.05. The quantitative estimate of drug-likeness (QED) is 0.670. The molecule has 18 heavy (non-hydrogen) atoms. The topological polar surface area (TPSA) is 27.7 Å². The van der Waals surface area contributed by atoms with Crippen LogP contribution < -0.4 is 0 Å². The molecule has 2 aliphatic heterocycles. The predicted octanol–water partition coefficient (Wildman–Crippen LogP) is 2.74. The summed E-state index contributed by atoms with van der Waals surface area (Å²) in [6.07, 6.45) is 5.68. The molecule has 3 nitrogen and oxygen atoms in total. The summed E-state index contributed by atoms with van der Waals surface area (Å²) in [6.45, 7) is 10.2. The molecular weight excluding hydrogens is 227 g/mol. The van der Waals surface area contributed by atoms with Gasteiger partial charge in [-0.2, -0.15) is 0 Å². The maximum absolute atomic E-state index is 6.12.